The zero-order valence-electron chi connectivity index (χ0n) is 24.5. The summed E-state index contributed by atoms with van der Waals surface area (Å²) in [5.41, 5.74) is 3.98. The SMILES string of the molecule is CCC(C)C1NC(=O)c2ccccc2/C1=C/C(=O)OC/C=C\COC(=O)/C=C1/c2ccccc2C(=O)N[C@H]1[C@@H](C)CC. The van der Waals surface area contributed by atoms with Gasteiger partial charge in [0.15, 0.2) is 0 Å². The molecule has 0 aliphatic carbocycles. The third-order valence-electron chi connectivity index (χ3n) is 7.99. The fourth-order valence-electron chi connectivity index (χ4n) is 5.23. The maximum atomic E-state index is 12.7. The van der Waals surface area contributed by atoms with E-state index < -0.39 is 11.9 Å². The van der Waals surface area contributed by atoms with Gasteiger partial charge in [-0.1, -0.05) is 76.9 Å². The van der Waals surface area contributed by atoms with Crippen molar-refractivity contribution in [1.82, 2.24) is 10.6 Å². The zero-order chi connectivity index (χ0) is 30.2. The van der Waals surface area contributed by atoms with Crippen LogP contribution in [0.1, 0.15) is 72.4 Å². The summed E-state index contributed by atoms with van der Waals surface area (Å²) in [5.74, 6) is -1.09. The molecule has 2 unspecified atom stereocenters. The van der Waals surface area contributed by atoms with E-state index in [4.69, 9.17) is 9.47 Å². The molecule has 42 heavy (non-hydrogen) atoms. The van der Waals surface area contributed by atoms with E-state index in [1.807, 2.05) is 52.0 Å². The minimum absolute atomic E-state index is 0.00124. The predicted octanol–water partition coefficient (Wildman–Crippen LogP) is 5.11. The van der Waals surface area contributed by atoms with Gasteiger partial charge in [-0.3, -0.25) is 9.59 Å². The molecule has 220 valence electrons. The van der Waals surface area contributed by atoms with Gasteiger partial charge in [-0.25, -0.2) is 9.59 Å². The number of rotatable bonds is 10. The van der Waals surface area contributed by atoms with Gasteiger partial charge < -0.3 is 20.1 Å². The molecule has 0 saturated carbocycles. The highest BCUT2D eigenvalue weighted by molar-refractivity contribution is 6.07. The molecule has 4 rings (SSSR count). The third-order valence-corrected chi connectivity index (χ3v) is 7.99. The highest BCUT2D eigenvalue weighted by Gasteiger charge is 2.33. The summed E-state index contributed by atoms with van der Waals surface area (Å²) >= 11 is 0. The summed E-state index contributed by atoms with van der Waals surface area (Å²) < 4.78 is 10.7. The van der Waals surface area contributed by atoms with Gasteiger partial charge in [0.05, 0.1) is 12.1 Å². The molecule has 0 radical (unpaired) electrons. The molecule has 8 heteroatoms. The van der Waals surface area contributed by atoms with Gasteiger partial charge in [-0.05, 0) is 58.4 Å². The summed E-state index contributed by atoms with van der Waals surface area (Å²) in [6.07, 6.45) is 7.77. The van der Waals surface area contributed by atoms with Crippen LogP contribution in [0.25, 0.3) is 11.1 Å². The molecule has 2 N–H and O–H groups in total. The quantitative estimate of drug-likeness (QED) is 0.233. The summed E-state index contributed by atoms with van der Waals surface area (Å²) in [6.45, 7) is 8.14. The average Bonchev–Trinajstić information content (AvgIpc) is 3.00. The first kappa shape index (κ1) is 30.5. The number of hydrogen-bond donors (Lipinski definition) is 2. The van der Waals surface area contributed by atoms with Gasteiger partial charge in [-0.15, -0.1) is 0 Å². The Morgan fingerprint density at radius 2 is 1.05 bits per heavy atom. The lowest BCUT2D eigenvalue weighted by molar-refractivity contribution is -0.137. The summed E-state index contributed by atoms with van der Waals surface area (Å²) in [7, 11) is 0. The Bertz CT molecular complexity index is 1330. The molecule has 0 saturated heterocycles. The standard InChI is InChI=1S/C34H38N2O6/c1-5-21(3)31-27(23-13-7-9-15-25(23)33(39)35-31)19-29(37)41-17-11-12-18-42-30(38)20-28-24-14-8-10-16-26(24)34(40)36-32(28)22(4)6-2/h7-16,19-22,31-32H,5-6,17-18H2,1-4H3,(H,35,39)(H,36,40)/b12-11-,27-19-,28-20-/t21-,22?,31-,32?/m0/s1. The number of fused-ring (bicyclic) bond motifs is 2. The molecular weight excluding hydrogens is 532 g/mol. The van der Waals surface area contributed by atoms with Crippen LogP contribution < -0.4 is 10.6 Å². The van der Waals surface area contributed by atoms with Crippen LogP contribution in [0.5, 0.6) is 0 Å². The second-order valence-electron chi connectivity index (χ2n) is 10.7. The van der Waals surface area contributed by atoms with Crippen LogP contribution in [0.2, 0.25) is 0 Å². The molecule has 2 aliphatic rings. The minimum Gasteiger partial charge on any atom is -0.458 e. The van der Waals surface area contributed by atoms with E-state index in [0.717, 1.165) is 35.1 Å². The lowest BCUT2D eigenvalue weighted by atomic mass is 9.82. The molecule has 2 aromatic rings. The zero-order valence-corrected chi connectivity index (χ0v) is 24.5. The highest BCUT2D eigenvalue weighted by Crippen LogP contribution is 2.33. The lowest BCUT2D eigenvalue weighted by Crippen LogP contribution is -2.44. The molecular formula is C34H38N2O6. The first-order chi connectivity index (χ1) is 20.2. The molecule has 4 atom stereocenters. The number of nitrogens with one attached hydrogen (secondary N) is 2. The van der Waals surface area contributed by atoms with E-state index in [2.05, 4.69) is 10.6 Å². The fourth-order valence-corrected chi connectivity index (χ4v) is 5.23. The lowest BCUT2D eigenvalue weighted by Gasteiger charge is -2.32. The monoisotopic (exact) mass is 570 g/mol. The van der Waals surface area contributed by atoms with Crippen LogP contribution in [0.15, 0.2) is 72.8 Å². The molecule has 0 spiro atoms. The van der Waals surface area contributed by atoms with Crippen molar-refractivity contribution in [2.24, 2.45) is 11.8 Å². The maximum absolute atomic E-state index is 12.7. The predicted molar refractivity (Wildman–Crippen MR) is 161 cm³/mol. The second kappa shape index (κ2) is 13.9. The number of carbonyl (C=O) groups is 4. The van der Waals surface area contributed by atoms with Gasteiger partial charge in [0.25, 0.3) is 11.8 Å². The van der Waals surface area contributed by atoms with Crippen molar-refractivity contribution in [3.05, 3.63) is 95.1 Å². The summed E-state index contributed by atoms with van der Waals surface area (Å²) in [5, 5.41) is 6.04. The number of ether oxygens (including phenoxy) is 2. The Balaban J connectivity index is 1.36. The first-order valence-electron chi connectivity index (χ1n) is 14.5. The van der Waals surface area contributed by atoms with E-state index in [1.54, 1.807) is 36.4 Å². The van der Waals surface area contributed by atoms with Crippen molar-refractivity contribution in [1.29, 1.82) is 0 Å². The average molecular weight is 571 g/mol. The van der Waals surface area contributed by atoms with E-state index in [9.17, 15) is 19.2 Å². The largest absolute Gasteiger partial charge is 0.458 e. The van der Waals surface area contributed by atoms with Gasteiger partial charge in [-0.2, -0.15) is 0 Å². The molecule has 2 amide bonds. The number of hydrogen-bond acceptors (Lipinski definition) is 6. The molecule has 2 aliphatic heterocycles. The van der Waals surface area contributed by atoms with Crippen molar-refractivity contribution in [3.8, 4) is 0 Å². The summed E-state index contributed by atoms with van der Waals surface area (Å²) in [6, 6.07) is 13.9. The molecule has 0 aromatic heterocycles. The molecule has 2 heterocycles. The van der Waals surface area contributed by atoms with Gasteiger partial charge in [0.1, 0.15) is 13.2 Å². The third kappa shape index (κ3) is 6.87. The normalized spacial score (nSPS) is 21.2. The Hall–Kier alpha value is -4.46. The number of amides is 2. The Morgan fingerprint density at radius 3 is 1.40 bits per heavy atom. The van der Waals surface area contributed by atoms with Gasteiger partial charge in [0.2, 0.25) is 0 Å². The van der Waals surface area contributed by atoms with E-state index in [0.29, 0.717) is 11.1 Å². The minimum atomic E-state index is -0.523. The highest BCUT2D eigenvalue weighted by atomic mass is 16.5. The van der Waals surface area contributed by atoms with Crippen molar-refractivity contribution in [3.63, 3.8) is 0 Å². The molecule has 0 fully saturated rings. The second-order valence-corrected chi connectivity index (χ2v) is 10.7. The van der Waals surface area contributed by atoms with E-state index in [-0.39, 0.29) is 48.9 Å². The Labute approximate surface area is 246 Å². The van der Waals surface area contributed by atoms with Crippen molar-refractivity contribution in [2.45, 2.75) is 52.6 Å². The maximum Gasteiger partial charge on any atom is 0.331 e. The first-order valence-corrected chi connectivity index (χ1v) is 14.5. The molecule has 2 aromatic carbocycles. The topological polar surface area (TPSA) is 111 Å². The van der Waals surface area contributed by atoms with Crippen molar-refractivity contribution >= 4 is 34.9 Å². The van der Waals surface area contributed by atoms with Gasteiger partial charge in [0, 0.05) is 23.3 Å². The van der Waals surface area contributed by atoms with Crippen molar-refractivity contribution in [2.75, 3.05) is 13.2 Å². The smallest absolute Gasteiger partial charge is 0.331 e. The Kier molecular flexibility index (Phi) is 10.1. The van der Waals surface area contributed by atoms with Gasteiger partial charge >= 0.3 is 11.9 Å². The van der Waals surface area contributed by atoms with Crippen LogP contribution in [-0.2, 0) is 19.1 Å². The van der Waals surface area contributed by atoms with E-state index in [1.165, 1.54) is 12.2 Å². The van der Waals surface area contributed by atoms with E-state index >= 15 is 0 Å². The fraction of sp³-hybridized carbons (Fsp3) is 0.353. The molecule has 8 nitrogen and oxygen atoms in total. The van der Waals surface area contributed by atoms with Crippen LogP contribution in [-0.4, -0.2) is 49.1 Å². The number of carbonyl (C=O) groups excluding carboxylic acids is 4. The Morgan fingerprint density at radius 1 is 0.690 bits per heavy atom. The number of benzene rings is 2. The van der Waals surface area contributed by atoms with Crippen molar-refractivity contribution < 1.29 is 28.7 Å². The van der Waals surface area contributed by atoms with Crippen LogP contribution in [0.3, 0.4) is 0 Å². The molecule has 0 bridgehead atoms. The van der Waals surface area contributed by atoms with Crippen LogP contribution in [0, 0.1) is 11.8 Å². The van der Waals surface area contributed by atoms with Crippen LogP contribution >= 0.6 is 0 Å². The van der Waals surface area contributed by atoms with Crippen LogP contribution in [0.4, 0.5) is 0 Å². The summed E-state index contributed by atoms with van der Waals surface area (Å²) in [4.78, 5) is 50.5. The number of esters is 2.